The number of piperidine rings is 1. The maximum atomic E-state index is 2.72. The van der Waals surface area contributed by atoms with Gasteiger partial charge >= 0.3 is 0 Å². The van der Waals surface area contributed by atoms with Crippen molar-refractivity contribution in [2.75, 3.05) is 26.2 Å². The zero-order chi connectivity index (χ0) is 14.8. The van der Waals surface area contributed by atoms with E-state index in [0.29, 0.717) is 0 Å². The summed E-state index contributed by atoms with van der Waals surface area (Å²) in [5.74, 6) is 0. The van der Waals surface area contributed by atoms with E-state index in [2.05, 4.69) is 51.7 Å². The van der Waals surface area contributed by atoms with Crippen LogP contribution in [0.15, 0.2) is 47.4 Å². The van der Waals surface area contributed by atoms with Gasteiger partial charge in [-0.3, -0.25) is 0 Å². The second kappa shape index (κ2) is 6.61. The van der Waals surface area contributed by atoms with Gasteiger partial charge in [0.05, 0.1) is 0 Å². The molecule has 2 heterocycles. The van der Waals surface area contributed by atoms with Crippen molar-refractivity contribution in [2.45, 2.75) is 36.6 Å². The Kier molecular flexibility index (Phi) is 4.37. The van der Waals surface area contributed by atoms with Crippen LogP contribution in [-0.4, -0.2) is 41.4 Å². The van der Waals surface area contributed by atoms with Gasteiger partial charge in [-0.15, -0.1) is 0 Å². The molecule has 2 aromatic rings. The molecule has 2 aliphatic heterocycles. The fourth-order valence-electron chi connectivity index (χ4n) is 3.82. The van der Waals surface area contributed by atoms with E-state index in [9.17, 15) is 0 Å². The van der Waals surface area contributed by atoms with Gasteiger partial charge in [-0.2, -0.15) is 0 Å². The largest absolute Gasteiger partial charge is 0.300 e. The molecular formula is C19H24N2S. The second-order valence-corrected chi connectivity index (χ2v) is 7.61. The topological polar surface area (TPSA) is 6.48 Å². The van der Waals surface area contributed by atoms with Crippen LogP contribution in [0.2, 0.25) is 0 Å². The van der Waals surface area contributed by atoms with Gasteiger partial charge in [0, 0.05) is 24.0 Å². The summed E-state index contributed by atoms with van der Waals surface area (Å²) >= 11 is 1.95. The summed E-state index contributed by atoms with van der Waals surface area (Å²) < 4.78 is 2.56. The maximum absolute atomic E-state index is 2.72. The molecule has 2 aromatic carbocycles. The third-order valence-corrected chi connectivity index (χ3v) is 6.23. The van der Waals surface area contributed by atoms with E-state index >= 15 is 0 Å². The molecule has 116 valence electrons. The van der Waals surface area contributed by atoms with Gasteiger partial charge in [0.25, 0.3) is 0 Å². The Morgan fingerprint density at radius 3 is 2.36 bits per heavy atom. The van der Waals surface area contributed by atoms with Crippen molar-refractivity contribution in [3.63, 3.8) is 0 Å². The molecule has 2 nitrogen and oxygen atoms in total. The maximum Gasteiger partial charge on any atom is 0.0308 e. The molecule has 0 saturated carbocycles. The van der Waals surface area contributed by atoms with Crippen LogP contribution in [0.5, 0.6) is 0 Å². The van der Waals surface area contributed by atoms with Gasteiger partial charge in [0.2, 0.25) is 0 Å². The summed E-state index contributed by atoms with van der Waals surface area (Å²) in [6.07, 6.45) is 5.48. The second-order valence-electron chi connectivity index (χ2n) is 6.47. The van der Waals surface area contributed by atoms with E-state index in [1.165, 1.54) is 67.5 Å². The van der Waals surface area contributed by atoms with Crippen molar-refractivity contribution in [1.29, 1.82) is 0 Å². The molecule has 2 saturated heterocycles. The average Bonchev–Trinajstić information content (AvgIpc) is 3.10. The molecule has 2 aliphatic rings. The number of hydrogen-bond acceptors (Lipinski definition) is 3. The summed E-state index contributed by atoms with van der Waals surface area (Å²) in [7, 11) is 0. The standard InChI is InChI=1S/C19H24N2S/c1-2-8-18-16(6-1)7-5-9-19(18)22-21-14-10-17(11-15-21)20-12-3-4-13-20/h1-2,5-9,17H,3-4,10-15H2. The summed E-state index contributed by atoms with van der Waals surface area (Å²) in [5, 5.41) is 2.73. The molecule has 2 fully saturated rings. The molecule has 0 atom stereocenters. The first-order valence-corrected chi connectivity index (χ1v) is 9.32. The lowest BCUT2D eigenvalue weighted by molar-refractivity contribution is 0.173. The molecule has 3 heteroatoms. The molecular weight excluding hydrogens is 288 g/mol. The number of rotatable bonds is 3. The molecule has 0 amide bonds. The lowest BCUT2D eigenvalue weighted by Crippen LogP contribution is -2.41. The van der Waals surface area contributed by atoms with Crippen LogP contribution >= 0.6 is 11.9 Å². The van der Waals surface area contributed by atoms with Crippen LogP contribution in [-0.2, 0) is 0 Å². The molecule has 0 spiro atoms. The van der Waals surface area contributed by atoms with Crippen LogP contribution < -0.4 is 0 Å². The predicted octanol–water partition coefficient (Wildman–Crippen LogP) is 4.41. The monoisotopic (exact) mass is 312 g/mol. The van der Waals surface area contributed by atoms with Gasteiger partial charge in [-0.25, -0.2) is 4.31 Å². The van der Waals surface area contributed by atoms with Crippen LogP contribution in [0, 0.1) is 0 Å². The van der Waals surface area contributed by atoms with Crippen LogP contribution in [0.1, 0.15) is 25.7 Å². The van der Waals surface area contributed by atoms with Crippen molar-refractivity contribution >= 4 is 22.7 Å². The van der Waals surface area contributed by atoms with Crippen LogP contribution in [0.3, 0.4) is 0 Å². The summed E-state index contributed by atoms with van der Waals surface area (Å²) in [6.45, 7) is 5.10. The quantitative estimate of drug-likeness (QED) is 0.775. The lowest BCUT2D eigenvalue weighted by Gasteiger charge is -2.36. The zero-order valence-corrected chi connectivity index (χ0v) is 13.9. The Bertz CT molecular complexity index is 623. The highest BCUT2D eigenvalue weighted by Gasteiger charge is 2.26. The fraction of sp³-hybridized carbons (Fsp3) is 0.474. The van der Waals surface area contributed by atoms with Crippen molar-refractivity contribution in [3.8, 4) is 0 Å². The number of likely N-dealkylation sites (tertiary alicyclic amines) is 1. The van der Waals surface area contributed by atoms with E-state index in [-0.39, 0.29) is 0 Å². The Hall–Kier alpha value is -1.03. The van der Waals surface area contributed by atoms with E-state index in [1.807, 2.05) is 11.9 Å². The van der Waals surface area contributed by atoms with Gasteiger partial charge in [0.1, 0.15) is 0 Å². The number of nitrogens with zero attached hydrogens (tertiary/aromatic N) is 2. The number of hydrogen-bond donors (Lipinski definition) is 0. The molecule has 4 rings (SSSR count). The number of benzene rings is 2. The Morgan fingerprint density at radius 1 is 0.818 bits per heavy atom. The number of fused-ring (bicyclic) bond motifs is 1. The normalized spacial score (nSPS) is 21.6. The molecule has 0 bridgehead atoms. The first kappa shape index (κ1) is 14.6. The first-order chi connectivity index (χ1) is 10.9. The molecule has 0 aromatic heterocycles. The van der Waals surface area contributed by atoms with Crippen molar-refractivity contribution in [1.82, 2.24) is 9.21 Å². The smallest absolute Gasteiger partial charge is 0.0308 e. The Morgan fingerprint density at radius 2 is 1.55 bits per heavy atom. The van der Waals surface area contributed by atoms with Crippen molar-refractivity contribution < 1.29 is 0 Å². The minimum atomic E-state index is 0.840. The van der Waals surface area contributed by atoms with E-state index < -0.39 is 0 Å². The first-order valence-electron chi connectivity index (χ1n) is 8.55. The average molecular weight is 312 g/mol. The SMILES string of the molecule is c1ccc2c(SN3CCC(N4CCCC4)CC3)cccc2c1. The third-order valence-electron chi connectivity index (χ3n) is 5.06. The minimum Gasteiger partial charge on any atom is -0.300 e. The summed E-state index contributed by atoms with van der Waals surface area (Å²) in [4.78, 5) is 4.12. The third kappa shape index (κ3) is 3.03. The minimum absolute atomic E-state index is 0.840. The highest BCUT2D eigenvalue weighted by molar-refractivity contribution is 7.97. The highest BCUT2D eigenvalue weighted by atomic mass is 32.2. The highest BCUT2D eigenvalue weighted by Crippen LogP contribution is 2.33. The fourth-order valence-corrected chi connectivity index (χ4v) is 4.91. The lowest BCUT2D eigenvalue weighted by atomic mass is 10.1. The van der Waals surface area contributed by atoms with Gasteiger partial charge in [0.15, 0.2) is 0 Å². The van der Waals surface area contributed by atoms with Gasteiger partial charge in [-0.05, 0) is 67.6 Å². The Labute approximate surface area is 137 Å². The zero-order valence-electron chi connectivity index (χ0n) is 13.1. The van der Waals surface area contributed by atoms with Crippen LogP contribution in [0.25, 0.3) is 10.8 Å². The van der Waals surface area contributed by atoms with E-state index in [4.69, 9.17) is 0 Å². The van der Waals surface area contributed by atoms with Crippen molar-refractivity contribution in [2.24, 2.45) is 0 Å². The summed E-state index contributed by atoms with van der Waals surface area (Å²) in [5.41, 5.74) is 0. The van der Waals surface area contributed by atoms with Crippen LogP contribution in [0.4, 0.5) is 0 Å². The van der Waals surface area contributed by atoms with E-state index in [1.54, 1.807) is 0 Å². The van der Waals surface area contributed by atoms with Gasteiger partial charge in [-0.1, -0.05) is 36.4 Å². The van der Waals surface area contributed by atoms with Crippen molar-refractivity contribution in [3.05, 3.63) is 42.5 Å². The summed E-state index contributed by atoms with van der Waals surface area (Å²) in [6, 6.07) is 16.2. The predicted molar refractivity (Wildman–Crippen MR) is 95.2 cm³/mol. The van der Waals surface area contributed by atoms with Gasteiger partial charge < -0.3 is 4.90 Å². The van der Waals surface area contributed by atoms with E-state index in [0.717, 1.165) is 6.04 Å². The molecule has 0 N–H and O–H groups in total. The Balaban J connectivity index is 1.41. The molecule has 0 aliphatic carbocycles. The molecule has 0 unspecified atom stereocenters. The molecule has 22 heavy (non-hydrogen) atoms. The molecule has 0 radical (unpaired) electrons.